The molecule has 2 heterocycles. The molecule has 5 aliphatic rings. The molecule has 1 amide bonds. The van der Waals surface area contributed by atoms with Crippen molar-refractivity contribution < 1.29 is 32.5 Å². The van der Waals surface area contributed by atoms with Gasteiger partial charge in [-0.15, -0.1) is 13.2 Å². The number of hydrogen-bond donors (Lipinski definition) is 2. The van der Waals surface area contributed by atoms with Crippen molar-refractivity contribution in [2.45, 2.75) is 80.2 Å². The van der Waals surface area contributed by atoms with Gasteiger partial charge in [0, 0.05) is 34.2 Å². The number of benzene rings is 1. The minimum absolute atomic E-state index is 0.0482. The van der Waals surface area contributed by atoms with Gasteiger partial charge in [0.1, 0.15) is 5.75 Å². The fraction of sp³-hybridized carbons (Fsp3) is 0.565. The molecule has 0 unspecified atom stereocenters. The predicted molar refractivity (Wildman–Crippen MR) is 113 cm³/mol. The minimum atomic E-state index is -4.60. The highest BCUT2D eigenvalue weighted by Crippen LogP contribution is 2.67. The van der Waals surface area contributed by atoms with Crippen LogP contribution < -0.4 is 10.1 Å². The van der Waals surface area contributed by atoms with Crippen LogP contribution in [0.1, 0.15) is 61.8 Å². The molecule has 2 aromatic rings. The molecule has 0 spiro atoms. The van der Waals surface area contributed by atoms with E-state index in [9.17, 15) is 23.1 Å². The smallest absolute Gasteiger partial charge is 0.480 e. The van der Waals surface area contributed by atoms with Crippen molar-refractivity contribution in [3.05, 3.63) is 46.7 Å². The fourth-order valence-corrected chi connectivity index (χ4v) is 6.18. The second-order valence-corrected chi connectivity index (χ2v) is 10.6. The number of nitrogens with one attached hydrogen (secondary N) is 1. The maximum absolute atomic E-state index is 12.9. The van der Waals surface area contributed by atoms with E-state index >= 15 is 0 Å². The zero-order valence-electron chi connectivity index (χ0n) is 18.0. The minimum Gasteiger partial charge on any atom is -0.480 e. The largest absolute Gasteiger partial charge is 0.522 e. The summed E-state index contributed by atoms with van der Waals surface area (Å²) in [5.41, 5.74) is 1.31. The molecule has 2 N–H and O–H groups in total. The first-order valence-corrected chi connectivity index (χ1v) is 11.7. The van der Waals surface area contributed by atoms with E-state index in [2.05, 4.69) is 15.2 Å². The predicted octanol–water partition coefficient (Wildman–Crippen LogP) is 3.95. The fourth-order valence-electron chi connectivity index (χ4n) is 6.00. The number of ether oxygens (including phenoxy) is 2. The van der Waals surface area contributed by atoms with Crippen molar-refractivity contribution in [1.82, 2.24) is 15.1 Å². The van der Waals surface area contributed by atoms with Gasteiger partial charge in [0.2, 0.25) is 0 Å². The Morgan fingerprint density at radius 2 is 2.00 bits per heavy atom. The van der Waals surface area contributed by atoms with Crippen LogP contribution in [0.2, 0.25) is 5.02 Å². The lowest BCUT2D eigenvalue weighted by atomic mass is 9.37. The number of hydrogen-bond acceptors (Lipinski definition) is 5. The monoisotopic (exact) mass is 497 g/mol. The number of carbonyl (C=O) groups is 1. The van der Waals surface area contributed by atoms with Crippen LogP contribution in [0, 0.1) is 0 Å². The maximum Gasteiger partial charge on any atom is 0.522 e. The Kier molecular flexibility index (Phi) is 4.80. The number of aliphatic hydroxyl groups excluding tert-OH is 1. The second kappa shape index (κ2) is 7.35. The van der Waals surface area contributed by atoms with E-state index in [0.717, 1.165) is 24.8 Å². The molecule has 7 rings (SSSR count). The lowest BCUT2D eigenvalue weighted by molar-refractivity contribution is -0.353. The Hall–Kier alpha value is -2.30. The van der Waals surface area contributed by atoms with Gasteiger partial charge in [-0.3, -0.25) is 14.2 Å². The van der Waals surface area contributed by atoms with Crippen molar-refractivity contribution >= 4 is 17.5 Å². The highest BCUT2D eigenvalue weighted by Gasteiger charge is 2.69. The van der Waals surface area contributed by atoms with Gasteiger partial charge < -0.3 is 15.2 Å². The maximum atomic E-state index is 12.9. The molecular formula is C23H23ClF3N3O4. The summed E-state index contributed by atoms with van der Waals surface area (Å²) in [6.45, 7) is 0. The van der Waals surface area contributed by atoms with Gasteiger partial charge >= 0.3 is 6.36 Å². The highest BCUT2D eigenvalue weighted by atomic mass is 35.5. The molecule has 0 radical (unpaired) electrons. The molecule has 2 bridgehead atoms. The zero-order valence-corrected chi connectivity index (χ0v) is 18.8. The summed E-state index contributed by atoms with van der Waals surface area (Å²) in [5.74, 6) is 0.220. The Morgan fingerprint density at radius 1 is 1.26 bits per heavy atom. The normalized spacial score (nSPS) is 35.8. The van der Waals surface area contributed by atoms with Gasteiger partial charge in [-0.25, -0.2) is 0 Å². The summed E-state index contributed by atoms with van der Waals surface area (Å²) in [6.07, 6.45) is -0.231. The van der Waals surface area contributed by atoms with Crippen molar-refractivity contribution in [2.75, 3.05) is 0 Å². The highest BCUT2D eigenvalue weighted by molar-refractivity contribution is 6.30. The van der Waals surface area contributed by atoms with Crippen LogP contribution >= 0.6 is 11.6 Å². The number of halogens is 4. The summed E-state index contributed by atoms with van der Waals surface area (Å²) in [7, 11) is 0. The number of aliphatic hydroxyl groups is 1. The third kappa shape index (κ3) is 3.67. The Morgan fingerprint density at radius 3 is 2.71 bits per heavy atom. The number of carbonyl (C=O) groups excluding carboxylic acids is 1. The third-order valence-electron chi connectivity index (χ3n) is 7.71. The lowest BCUT2D eigenvalue weighted by Crippen LogP contribution is -2.77. The molecule has 34 heavy (non-hydrogen) atoms. The number of rotatable bonds is 5. The summed E-state index contributed by atoms with van der Waals surface area (Å²) in [6, 6.07) is 4.88. The van der Waals surface area contributed by atoms with Crippen LogP contribution in [0.3, 0.4) is 0 Å². The molecule has 182 valence electrons. The SMILES string of the molecule is O=C(NC12CC(c3cnn(C4CC(OC(F)(F)F)C4)c3)(C1)C2)[C@H]1C[C@@H](O)c2cc(Cl)ccc2O1. The quantitative estimate of drug-likeness (QED) is 0.653. The molecule has 0 saturated heterocycles. The van der Waals surface area contributed by atoms with Gasteiger partial charge in [-0.05, 0) is 55.9 Å². The van der Waals surface area contributed by atoms with Gasteiger partial charge in [-0.2, -0.15) is 5.10 Å². The van der Waals surface area contributed by atoms with Crippen molar-refractivity contribution in [3.63, 3.8) is 0 Å². The summed E-state index contributed by atoms with van der Waals surface area (Å²) in [4.78, 5) is 12.9. The molecule has 2 atom stereocenters. The van der Waals surface area contributed by atoms with Gasteiger partial charge in [0.25, 0.3) is 5.91 Å². The third-order valence-corrected chi connectivity index (χ3v) is 7.94. The second-order valence-electron chi connectivity index (χ2n) is 10.1. The van der Waals surface area contributed by atoms with E-state index in [1.165, 1.54) is 0 Å². The molecule has 1 aromatic heterocycles. The molecule has 11 heteroatoms. The number of alkyl halides is 3. The van der Waals surface area contributed by atoms with Gasteiger partial charge in [-0.1, -0.05) is 11.6 Å². The number of amides is 1. The van der Waals surface area contributed by atoms with Gasteiger partial charge in [0.15, 0.2) is 6.10 Å². The standard InChI is InChI=1S/C23H23ClF3N3O4/c24-13-1-2-18-16(3-13)17(31)6-19(33-18)20(32)29-22-9-21(10-22,11-22)12-7-28-30(8-12)14-4-15(5-14)34-23(25,26)27/h1-3,7-8,14-15,17,19,31H,4-6,9-11H2,(H,29,32)/t14?,15?,17-,19-,21?,22?/m1/s1. The molecule has 4 saturated carbocycles. The van der Waals surface area contributed by atoms with E-state index in [1.807, 2.05) is 6.20 Å². The molecule has 4 fully saturated rings. The number of fused-ring (bicyclic) bond motifs is 1. The number of aromatic nitrogens is 2. The Labute approximate surface area is 198 Å². The van der Waals surface area contributed by atoms with Crippen LogP contribution in [0.15, 0.2) is 30.6 Å². The topological polar surface area (TPSA) is 85.6 Å². The van der Waals surface area contributed by atoms with Gasteiger partial charge in [0.05, 0.1) is 24.4 Å². The average Bonchev–Trinajstić information content (AvgIpc) is 3.14. The van der Waals surface area contributed by atoms with E-state index in [4.69, 9.17) is 16.3 Å². The Bertz CT molecular complexity index is 1130. The number of nitrogens with zero attached hydrogens (tertiary/aromatic N) is 2. The zero-order chi connectivity index (χ0) is 23.9. The summed E-state index contributed by atoms with van der Waals surface area (Å²) < 4.78 is 48.6. The van der Waals surface area contributed by atoms with E-state index in [1.54, 1.807) is 29.1 Å². The van der Waals surface area contributed by atoms with Crippen LogP contribution in [0.25, 0.3) is 0 Å². The molecule has 7 nitrogen and oxygen atoms in total. The molecule has 4 aliphatic carbocycles. The van der Waals surface area contributed by atoms with E-state index < -0.39 is 24.7 Å². The average molecular weight is 498 g/mol. The van der Waals surface area contributed by atoms with Crippen LogP contribution in [-0.4, -0.2) is 44.9 Å². The first-order valence-electron chi connectivity index (χ1n) is 11.3. The van der Waals surface area contributed by atoms with E-state index in [0.29, 0.717) is 16.3 Å². The van der Waals surface area contributed by atoms with Crippen molar-refractivity contribution in [3.8, 4) is 5.75 Å². The van der Waals surface area contributed by atoms with Crippen LogP contribution in [-0.2, 0) is 14.9 Å². The molecule has 1 aliphatic heterocycles. The van der Waals surface area contributed by atoms with E-state index in [-0.39, 0.29) is 42.2 Å². The molecular weight excluding hydrogens is 475 g/mol. The first kappa shape index (κ1) is 22.2. The van der Waals surface area contributed by atoms with Crippen LogP contribution in [0.5, 0.6) is 5.75 Å². The van der Waals surface area contributed by atoms with Crippen LogP contribution in [0.4, 0.5) is 13.2 Å². The van der Waals surface area contributed by atoms with Crippen molar-refractivity contribution in [1.29, 1.82) is 0 Å². The lowest BCUT2D eigenvalue weighted by Gasteiger charge is -2.70. The Balaban J connectivity index is 1.03. The van der Waals surface area contributed by atoms with Crippen molar-refractivity contribution in [2.24, 2.45) is 0 Å². The molecule has 1 aromatic carbocycles. The first-order chi connectivity index (χ1) is 16.0. The summed E-state index contributed by atoms with van der Waals surface area (Å²) >= 11 is 5.98. The summed E-state index contributed by atoms with van der Waals surface area (Å²) in [5, 5.41) is 18.4.